The Morgan fingerprint density at radius 1 is 1.53 bits per heavy atom. The highest BCUT2D eigenvalue weighted by Gasteiger charge is 2.22. The summed E-state index contributed by atoms with van der Waals surface area (Å²) in [7, 11) is 0. The first-order chi connectivity index (χ1) is 7.09. The fourth-order valence-electron chi connectivity index (χ4n) is 1.98. The van der Waals surface area contributed by atoms with Gasteiger partial charge in [-0.1, -0.05) is 12.1 Å². The van der Waals surface area contributed by atoms with Crippen LogP contribution in [0.1, 0.15) is 31.1 Å². The Morgan fingerprint density at radius 2 is 2.27 bits per heavy atom. The molecule has 2 rings (SSSR count). The van der Waals surface area contributed by atoms with Crippen molar-refractivity contribution in [3.8, 4) is 0 Å². The third-order valence-corrected chi connectivity index (χ3v) is 2.87. The van der Waals surface area contributed by atoms with E-state index in [0.717, 1.165) is 24.2 Å². The van der Waals surface area contributed by atoms with Gasteiger partial charge in [0.05, 0.1) is 6.10 Å². The summed E-state index contributed by atoms with van der Waals surface area (Å²) in [5, 5.41) is 9.48. The Morgan fingerprint density at radius 3 is 2.87 bits per heavy atom. The van der Waals surface area contributed by atoms with E-state index in [0.29, 0.717) is 0 Å². The number of aliphatic hydroxyl groups is 1. The first kappa shape index (κ1) is 10.2. The molecule has 3 nitrogen and oxygen atoms in total. The average molecular weight is 205 g/mol. The number of carbonyl (C=O) groups excluding carboxylic acids is 1. The Hall–Kier alpha value is -1.35. The SMILES string of the molecule is CC(=O)N1CCc2ccc(C(C)O)cc21. The maximum atomic E-state index is 11.4. The van der Waals surface area contributed by atoms with Gasteiger partial charge in [0.25, 0.3) is 0 Å². The van der Waals surface area contributed by atoms with E-state index >= 15 is 0 Å². The zero-order chi connectivity index (χ0) is 11.0. The lowest BCUT2D eigenvalue weighted by Gasteiger charge is -2.16. The van der Waals surface area contributed by atoms with Gasteiger partial charge in [-0.3, -0.25) is 4.79 Å². The van der Waals surface area contributed by atoms with Crippen molar-refractivity contribution in [2.24, 2.45) is 0 Å². The maximum absolute atomic E-state index is 11.4. The van der Waals surface area contributed by atoms with Crippen molar-refractivity contribution in [3.63, 3.8) is 0 Å². The predicted molar refractivity (Wildman–Crippen MR) is 58.8 cm³/mol. The van der Waals surface area contributed by atoms with Gasteiger partial charge < -0.3 is 10.0 Å². The Balaban J connectivity index is 2.42. The van der Waals surface area contributed by atoms with Crippen LogP contribution >= 0.6 is 0 Å². The van der Waals surface area contributed by atoms with Crippen LogP contribution in [0.3, 0.4) is 0 Å². The van der Waals surface area contributed by atoms with Gasteiger partial charge in [0.15, 0.2) is 0 Å². The molecule has 1 aromatic rings. The van der Waals surface area contributed by atoms with E-state index in [1.54, 1.807) is 18.7 Å². The van der Waals surface area contributed by atoms with E-state index in [1.807, 2.05) is 18.2 Å². The monoisotopic (exact) mass is 205 g/mol. The van der Waals surface area contributed by atoms with Crippen LogP contribution in [-0.4, -0.2) is 17.6 Å². The number of amides is 1. The number of rotatable bonds is 1. The van der Waals surface area contributed by atoms with Crippen molar-refractivity contribution in [3.05, 3.63) is 29.3 Å². The van der Waals surface area contributed by atoms with Crippen LogP contribution in [-0.2, 0) is 11.2 Å². The summed E-state index contributed by atoms with van der Waals surface area (Å²) in [6.07, 6.45) is 0.430. The molecule has 15 heavy (non-hydrogen) atoms. The number of benzene rings is 1. The van der Waals surface area contributed by atoms with E-state index in [2.05, 4.69) is 0 Å². The van der Waals surface area contributed by atoms with Gasteiger partial charge in [-0.15, -0.1) is 0 Å². The molecule has 0 spiro atoms. The lowest BCUT2D eigenvalue weighted by atomic mass is 10.1. The second-order valence-electron chi connectivity index (χ2n) is 3.98. The summed E-state index contributed by atoms with van der Waals surface area (Å²) in [6, 6.07) is 5.84. The van der Waals surface area contributed by atoms with Crippen molar-refractivity contribution in [1.29, 1.82) is 0 Å². The van der Waals surface area contributed by atoms with Gasteiger partial charge in [0.1, 0.15) is 0 Å². The third-order valence-electron chi connectivity index (χ3n) is 2.87. The molecule has 1 aliphatic heterocycles. The molecular weight excluding hydrogens is 190 g/mol. The minimum atomic E-state index is -0.482. The summed E-state index contributed by atoms with van der Waals surface area (Å²) in [5.41, 5.74) is 3.01. The topological polar surface area (TPSA) is 40.5 Å². The Kier molecular flexibility index (Phi) is 2.49. The fraction of sp³-hybridized carbons (Fsp3) is 0.417. The second-order valence-corrected chi connectivity index (χ2v) is 3.98. The van der Waals surface area contributed by atoms with Crippen LogP contribution in [0.4, 0.5) is 5.69 Å². The largest absolute Gasteiger partial charge is 0.389 e. The van der Waals surface area contributed by atoms with Gasteiger partial charge >= 0.3 is 0 Å². The summed E-state index contributed by atoms with van der Waals surface area (Å²) in [5.74, 6) is 0.0662. The molecule has 0 saturated carbocycles. The molecule has 1 aromatic carbocycles. The molecule has 80 valence electrons. The number of anilines is 1. The number of hydrogen-bond acceptors (Lipinski definition) is 2. The molecule has 0 aliphatic carbocycles. The van der Waals surface area contributed by atoms with E-state index < -0.39 is 6.10 Å². The van der Waals surface area contributed by atoms with Crippen molar-refractivity contribution in [1.82, 2.24) is 0 Å². The van der Waals surface area contributed by atoms with Gasteiger partial charge in [0.2, 0.25) is 5.91 Å². The number of hydrogen-bond donors (Lipinski definition) is 1. The zero-order valence-electron chi connectivity index (χ0n) is 9.03. The third kappa shape index (κ3) is 1.75. The molecule has 0 radical (unpaired) electrons. The summed E-state index contributed by atoms with van der Waals surface area (Å²) in [6.45, 7) is 4.06. The van der Waals surface area contributed by atoms with Crippen LogP contribution in [0.25, 0.3) is 0 Å². The first-order valence-electron chi connectivity index (χ1n) is 5.18. The van der Waals surface area contributed by atoms with E-state index in [-0.39, 0.29) is 5.91 Å². The Labute approximate surface area is 89.3 Å². The molecule has 1 N–H and O–H groups in total. The van der Waals surface area contributed by atoms with Gasteiger partial charge in [-0.25, -0.2) is 0 Å². The van der Waals surface area contributed by atoms with Crippen LogP contribution in [0, 0.1) is 0 Å². The van der Waals surface area contributed by atoms with Gasteiger partial charge in [-0.2, -0.15) is 0 Å². The molecule has 1 heterocycles. The smallest absolute Gasteiger partial charge is 0.223 e. The summed E-state index contributed by atoms with van der Waals surface area (Å²) in [4.78, 5) is 13.1. The van der Waals surface area contributed by atoms with Crippen molar-refractivity contribution in [2.75, 3.05) is 11.4 Å². The summed E-state index contributed by atoms with van der Waals surface area (Å²) < 4.78 is 0. The average Bonchev–Trinajstić information content (AvgIpc) is 2.59. The predicted octanol–water partition coefficient (Wildman–Crippen LogP) is 1.65. The van der Waals surface area contributed by atoms with Crippen LogP contribution in [0.5, 0.6) is 0 Å². The van der Waals surface area contributed by atoms with Crippen LogP contribution < -0.4 is 4.90 Å². The minimum Gasteiger partial charge on any atom is -0.389 e. The lowest BCUT2D eigenvalue weighted by molar-refractivity contribution is -0.116. The van der Waals surface area contributed by atoms with E-state index in [1.165, 1.54) is 5.56 Å². The lowest BCUT2D eigenvalue weighted by Crippen LogP contribution is -2.25. The minimum absolute atomic E-state index is 0.0662. The van der Waals surface area contributed by atoms with Crippen molar-refractivity contribution < 1.29 is 9.90 Å². The molecule has 0 fully saturated rings. The first-order valence-corrected chi connectivity index (χ1v) is 5.18. The van der Waals surface area contributed by atoms with Gasteiger partial charge in [0, 0.05) is 19.2 Å². The molecule has 0 saturated heterocycles. The Bertz CT molecular complexity index is 399. The molecule has 1 unspecified atom stereocenters. The molecule has 1 amide bonds. The zero-order valence-corrected chi connectivity index (χ0v) is 9.03. The van der Waals surface area contributed by atoms with E-state index in [9.17, 15) is 9.90 Å². The van der Waals surface area contributed by atoms with E-state index in [4.69, 9.17) is 0 Å². The molecular formula is C12H15NO2. The van der Waals surface area contributed by atoms with Gasteiger partial charge in [-0.05, 0) is 30.5 Å². The fourth-order valence-corrected chi connectivity index (χ4v) is 1.98. The van der Waals surface area contributed by atoms with Crippen LogP contribution in [0.15, 0.2) is 18.2 Å². The highest BCUT2D eigenvalue weighted by atomic mass is 16.3. The maximum Gasteiger partial charge on any atom is 0.223 e. The normalized spacial score (nSPS) is 16.3. The van der Waals surface area contributed by atoms with Crippen molar-refractivity contribution in [2.45, 2.75) is 26.4 Å². The molecule has 1 aliphatic rings. The number of carbonyl (C=O) groups is 1. The molecule has 1 atom stereocenters. The quantitative estimate of drug-likeness (QED) is 0.757. The van der Waals surface area contributed by atoms with Crippen molar-refractivity contribution >= 4 is 11.6 Å². The number of aliphatic hydroxyl groups excluding tert-OH is 1. The number of nitrogens with zero attached hydrogens (tertiary/aromatic N) is 1. The highest BCUT2D eigenvalue weighted by molar-refractivity contribution is 5.93. The summed E-state index contributed by atoms with van der Waals surface area (Å²) >= 11 is 0. The highest BCUT2D eigenvalue weighted by Crippen LogP contribution is 2.30. The molecule has 0 aromatic heterocycles. The van der Waals surface area contributed by atoms with Crippen LogP contribution in [0.2, 0.25) is 0 Å². The standard InChI is InChI=1S/C12H15NO2/c1-8(14)11-4-3-10-5-6-13(9(2)15)12(10)7-11/h3-4,7-8,14H,5-6H2,1-2H3. The molecule has 3 heteroatoms. The number of fused-ring (bicyclic) bond motifs is 1. The molecule has 0 bridgehead atoms. The second kappa shape index (κ2) is 3.66.